The molecule has 6 heteroatoms. The van der Waals surface area contributed by atoms with E-state index < -0.39 is 10.0 Å². The Kier molecular flexibility index (Phi) is 6.27. The maximum Gasteiger partial charge on any atom is 0.214 e. The van der Waals surface area contributed by atoms with Crippen molar-refractivity contribution >= 4 is 10.0 Å². The fraction of sp³-hybridized carbons (Fsp3) is 0.538. The van der Waals surface area contributed by atoms with Crippen LogP contribution in [-0.2, 0) is 16.6 Å². The lowest BCUT2D eigenvalue weighted by atomic mass is 10.2. The minimum absolute atomic E-state index is 0.135. The molecule has 19 heavy (non-hydrogen) atoms. The lowest BCUT2D eigenvalue weighted by Crippen LogP contribution is -2.29. The van der Waals surface area contributed by atoms with E-state index >= 15 is 0 Å². The summed E-state index contributed by atoms with van der Waals surface area (Å²) in [5.74, 6) is 0.835. The first-order valence-corrected chi connectivity index (χ1v) is 7.88. The summed E-state index contributed by atoms with van der Waals surface area (Å²) in [6.07, 6.45) is 1.32. The normalized spacial score (nSPS) is 11.8. The maximum absolute atomic E-state index is 12.1. The van der Waals surface area contributed by atoms with Crippen molar-refractivity contribution in [2.24, 2.45) is 5.73 Å². The predicted octanol–water partition coefficient (Wildman–Crippen LogP) is 1.20. The summed E-state index contributed by atoms with van der Waals surface area (Å²) in [5, 5.41) is 0. The Morgan fingerprint density at radius 2 is 1.95 bits per heavy atom. The molecular formula is C13H22N2O3S. The van der Waals surface area contributed by atoms with Crippen LogP contribution >= 0.6 is 0 Å². The Morgan fingerprint density at radius 1 is 1.26 bits per heavy atom. The molecule has 0 bridgehead atoms. The van der Waals surface area contributed by atoms with Crippen LogP contribution in [0.4, 0.5) is 0 Å². The van der Waals surface area contributed by atoms with Crippen molar-refractivity contribution in [1.82, 2.24) is 4.31 Å². The van der Waals surface area contributed by atoms with Gasteiger partial charge in [0.05, 0.1) is 12.9 Å². The summed E-state index contributed by atoms with van der Waals surface area (Å²) in [7, 11) is -0.0680. The second kappa shape index (κ2) is 7.47. The first-order chi connectivity index (χ1) is 9.01. The van der Waals surface area contributed by atoms with Gasteiger partial charge in [-0.05, 0) is 25.5 Å². The molecule has 0 aliphatic heterocycles. The van der Waals surface area contributed by atoms with Gasteiger partial charge in [0.2, 0.25) is 10.0 Å². The van der Waals surface area contributed by atoms with Gasteiger partial charge < -0.3 is 10.5 Å². The van der Waals surface area contributed by atoms with Crippen molar-refractivity contribution in [3.05, 3.63) is 29.8 Å². The number of nitrogens with zero attached hydrogens (tertiary/aromatic N) is 1. The number of nitrogens with two attached hydrogens (primary N) is 1. The topological polar surface area (TPSA) is 72.6 Å². The number of para-hydroxylation sites is 1. The van der Waals surface area contributed by atoms with Gasteiger partial charge in [-0.25, -0.2) is 12.7 Å². The van der Waals surface area contributed by atoms with Crippen molar-refractivity contribution in [2.45, 2.75) is 19.4 Å². The summed E-state index contributed by atoms with van der Waals surface area (Å²) >= 11 is 0. The number of hydrogen-bond donors (Lipinski definition) is 1. The molecule has 0 fully saturated rings. The van der Waals surface area contributed by atoms with Gasteiger partial charge in [0, 0.05) is 19.2 Å². The zero-order chi connectivity index (χ0) is 14.3. The van der Waals surface area contributed by atoms with E-state index in [1.807, 2.05) is 24.3 Å². The maximum atomic E-state index is 12.1. The van der Waals surface area contributed by atoms with Crippen LogP contribution in [0.15, 0.2) is 24.3 Å². The molecule has 0 radical (unpaired) electrons. The van der Waals surface area contributed by atoms with Crippen LogP contribution in [0.1, 0.15) is 18.4 Å². The van der Waals surface area contributed by atoms with E-state index in [-0.39, 0.29) is 5.75 Å². The number of sulfonamides is 1. The zero-order valence-corrected chi connectivity index (χ0v) is 12.3. The van der Waals surface area contributed by atoms with Crippen LogP contribution in [-0.4, -0.2) is 39.2 Å². The van der Waals surface area contributed by atoms with Gasteiger partial charge in [0.25, 0.3) is 0 Å². The Hall–Kier alpha value is -1.11. The van der Waals surface area contributed by atoms with Gasteiger partial charge in [-0.2, -0.15) is 0 Å². The van der Waals surface area contributed by atoms with E-state index in [1.165, 1.54) is 4.31 Å². The first-order valence-electron chi connectivity index (χ1n) is 6.27. The molecule has 0 saturated carbocycles. The molecular weight excluding hydrogens is 264 g/mol. The van der Waals surface area contributed by atoms with Gasteiger partial charge >= 0.3 is 0 Å². The van der Waals surface area contributed by atoms with Crippen molar-refractivity contribution < 1.29 is 13.2 Å². The van der Waals surface area contributed by atoms with Crippen LogP contribution in [0.2, 0.25) is 0 Å². The third kappa shape index (κ3) is 4.81. The molecule has 5 nitrogen and oxygen atoms in total. The second-order valence-corrected chi connectivity index (χ2v) is 6.58. The average Bonchev–Trinajstić information content (AvgIpc) is 2.39. The van der Waals surface area contributed by atoms with E-state index in [9.17, 15) is 8.42 Å². The number of rotatable bonds is 8. The molecule has 0 saturated heterocycles. The molecule has 2 N–H and O–H groups in total. The Morgan fingerprint density at radius 3 is 2.58 bits per heavy atom. The summed E-state index contributed by atoms with van der Waals surface area (Å²) < 4.78 is 30.7. The number of benzene rings is 1. The highest BCUT2D eigenvalue weighted by Crippen LogP contribution is 2.20. The van der Waals surface area contributed by atoms with Crippen LogP contribution in [0.3, 0.4) is 0 Å². The van der Waals surface area contributed by atoms with Crippen LogP contribution in [0.5, 0.6) is 5.75 Å². The van der Waals surface area contributed by atoms with Crippen LogP contribution in [0, 0.1) is 0 Å². The van der Waals surface area contributed by atoms with Crippen molar-refractivity contribution in [3.8, 4) is 5.75 Å². The molecule has 0 heterocycles. The number of methoxy groups -OCH3 is 1. The standard InChI is InChI=1S/C13H22N2O3S/c1-15(19(16,17)10-6-5-9-14)11-12-7-3-4-8-13(12)18-2/h3-4,7-8H,5-6,9-11,14H2,1-2H3. The first kappa shape index (κ1) is 15.9. The Balaban J connectivity index is 2.70. The van der Waals surface area contributed by atoms with Gasteiger partial charge in [0.1, 0.15) is 5.75 Å². The number of unbranched alkanes of at least 4 members (excludes halogenated alkanes) is 1. The average molecular weight is 286 g/mol. The van der Waals surface area contributed by atoms with Gasteiger partial charge in [0.15, 0.2) is 0 Å². The highest BCUT2D eigenvalue weighted by molar-refractivity contribution is 7.89. The van der Waals surface area contributed by atoms with Crippen molar-refractivity contribution in [1.29, 1.82) is 0 Å². The van der Waals surface area contributed by atoms with Gasteiger partial charge in [-0.15, -0.1) is 0 Å². The quantitative estimate of drug-likeness (QED) is 0.729. The summed E-state index contributed by atoms with van der Waals surface area (Å²) in [4.78, 5) is 0. The lowest BCUT2D eigenvalue weighted by Gasteiger charge is -2.18. The van der Waals surface area contributed by atoms with Gasteiger partial charge in [-0.3, -0.25) is 0 Å². The minimum Gasteiger partial charge on any atom is -0.496 e. The molecule has 0 atom stereocenters. The molecule has 0 spiro atoms. The Labute approximate surface area is 115 Å². The van der Waals surface area contributed by atoms with E-state index in [1.54, 1.807) is 14.2 Å². The lowest BCUT2D eigenvalue weighted by molar-refractivity contribution is 0.398. The third-order valence-corrected chi connectivity index (χ3v) is 4.80. The number of ether oxygens (including phenoxy) is 1. The van der Waals surface area contributed by atoms with Crippen LogP contribution in [0.25, 0.3) is 0 Å². The highest BCUT2D eigenvalue weighted by atomic mass is 32.2. The molecule has 0 aromatic heterocycles. The fourth-order valence-electron chi connectivity index (χ4n) is 1.76. The SMILES string of the molecule is COc1ccccc1CN(C)S(=O)(=O)CCCCN. The molecule has 0 unspecified atom stereocenters. The monoisotopic (exact) mass is 286 g/mol. The molecule has 108 valence electrons. The molecule has 1 rings (SSSR count). The summed E-state index contributed by atoms with van der Waals surface area (Å²) in [5.41, 5.74) is 6.23. The summed E-state index contributed by atoms with van der Waals surface area (Å²) in [6, 6.07) is 7.42. The molecule has 0 aliphatic rings. The largest absolute Gasteiger partial charge is 0.496 e. The van der Waals surface area contributed by atoms with E-state index in [0.29, 0.717) is 25.3 Å². The molecule has 1 aromatic carbocycles. The highest BCUT2D eigenvalue weighted by Gasteiger charge is 2.18. The van der Waals surface area contributed by atoms with Crippen LogP contribution < -0.4 is 10.5 Å². The molecule has 0 aliphatic carbocycles. The van der Waals surface area contributed by atoms with E-state index in [4.69, 9.17) is 10.5 Å². The smallest absolute Gasteiger partial charge is 0.214 e. The van der Waals surface area contributed by atoms with E-state index in [0.717, 1.165) is 12.0 Å². The Bertz CT molecular complexity index is 488. The van der Waals surface area contributed by atoms with Crippen molar-refractivity contribution in [2.75, 3.05) is 26.5 Å². The third-order valence-electron chi connectivity index (χ3n) is 2.92. The number of hydrogen-bond acceptors (Lipinski definition) is 4. The van der Waals surface area contributed by atoms with E-state index in [2.05, 4.69) is 0 Å². The molecule has 1 aromatic rings. The summed E-state index contributed by atoms with van der Waals surface area (Å²) in [6.45, 7) is 0.834. The second-order valence-electron chi connectivity index (χ2n) is 4.38. The van der Waals surface area contributed by atoms with Gasteiger partial charge in [-0.1, -0.05) is 18.2 Å². The van der Waals surface area contributed by atoms with Crippen molar-refractivity contribution in [3.63, 3.8) is 0 Å². The minimum atomic E-state index is -3.23. The predicted molar refractivity (Wildman–Crippen MR) is 76.5 cm³/mol. The zero-order valence-electron chi connectivity index (χ0n) is 11.5. The fourth-order valence-corrected chi connectivity index (χ4v) is 2.97. The molecule has 0 amide bonds.